The van der Waals surface area contributed by atoms with E-state index in [1.54, 1.807) is 0 Å². The molecule has 5 heteroatoms. The Kier molecular flexibility index (Phi) is 5.79. The zero-order valence-electron chi connectivity index (χ0n) is 13.5. The largest absolute Gasteiger partial charge is 0.374 e. The summed E-state index contributed by atoms with van der Waals surface area (Å²) in [4.78, 5) is 9.06. The van der Waals surface area contributed by atoms with Crippen LogP contribution in [-0.2, 0) is 11.3 Å². The maximum atomic E-state index is 5.43. The van der Waals surface area contributed by atoms with E-state index in [1.807, 2.05) is 13.0 Å². The van der Waals surface area contributed by atoms with E-state index in [2.05, 4.69) is 34.4 Å². The highest BCUT2D eigenvalue weighted by Crippen LogP contribution is 2.48. The number of hydrogen-bond donors (Lipinski definition) is 2. The minimum Gasteiger partial charge on any atom is -0.374 e. The lowest BCUT2D eigenvalue weighted by atomic mass is 10.0. The molecule has 0 radical (unpaired) electrons. The monoisotopic (exact) mass is 292 g/mol. The van der Waals surface area contributed by atoms with Gasteiger partial charge in [0, 0.05) is 25.8 Å². The van der Waals surface area contributed by atoms with Gasteiger partial charge in [-0.15, -0.1) is 0 Å². The molecule has 1 aromatic heterocycles. The normalized spacial score (nSPS) is 15.8. The molecule has 0 amide bonds. The van der Waals surface area contributed by atoms with Crippen molar-refractivity contribution in [3.05, 3.63) is 11.9 Å². The Morgan fingerprint density at radius 1 is 1.14 bits per heavy atom. The summed E-state index contributed by atoms with van der Waals surface area (Å²) in [6, 6.07) is 2.00. The highest BCUT2D eigenvalue weighted by atomic mass is 16.5. The minimum atomic E-state index is 0.464. The molecule has 1 heterocycles. The Labute approximate surface area is 127 Å². The van der Waals surface area contributed by atoms with Crippen molar-refractivity contribution in [1.82, 2.24) is 9.97 Å². The van der Waals surface area contributed by atoms with Gasteiger partial charge in [-0.05, 0) is 38.0 Å². The molecule has 1 saturated carbocycles. The van der Waals surface area contributed by atoms with Gasteiger partial charge in [0.1, 0.15) is 18.2 Å². The second kappa shape index (κ2) is 7.59. The van der Waals surface area contributed by atoms with Gasteiger partial charge in [-0.25, -0.2) is 9.97 Å². The van der Waals surface area contributed by atoms with E-state index in [-0.39, 0.29) is 0 Å². The summed E-state index contributed by atoms with van der Waals surface area (Å²) in [6.07, 6.45) is 4.97. The summed E-state index contributed by atoms with van der Waals surface area (Å²) < 4.78 is 5.43. The molecule has 1 fully saturated rings. The molecule has 0 atom stereocenters. The van der Waals surface area contributed by atoms with Gasteiger partial charge in [0.05, 0.1) is 0 Å². The highest BCUT2D eigenvalue weighted by Gasteiger charge is 2.40. The van der Waals surface area contributed by atoms with Crippen molar-refractivity contribution in [2.45, 2.75) is 53.1 Å². The Balaban J connectivity index is 2.02. The molecule has 2 rings (SSSR count). The second-order valence-electron chi connectivity index (χ2n) is 5.83. The fourth-order valence-electron chi connectivity index (χ4n) is 2.30. The van der Waals surface area contributed by atoms with Crippen molar-refractivity contribution in [3.63, 3.8) is 0 Å². The number of nitrogens with one attached hydrogen (secondary N) is 2. The molecule has 21 heavy (non-hydrogen) atoms. The molecule has 5 nitrogen and oxygen atoms in total. The van der Waals surface area contributed by atoms with Gasteiger partial charge >= 0.3 is 0 Å². The van der Waals surface area contributed by atoms with Crippen molar-refractivity contribution in [2.75, 3.05) is 30.3 Å². The highest BCUT2D eigenvalue weighted by molar-refractivity contribution is 5.47. The van der Waals surface area contributed by atoms with E-state index in [4.69, 9.17) is 4.74 Å². The second-order valence-corrected chi connectivity index (χ2v) is 5.83. The van der Waals surface area contributed by atoms with Crippen LogP contribution in [0.25, 0.3) is 0 Å². The van der Waals surface area contributed by atoms with Crippen LogP contribution in [-0.4, -0.2) is 29.7 Å². The first-order valence-electron chi connectivity index (χ1n) is 8.15. The Hall–Kier alpha value is -1.36. The Morgan fingerprint density at radius 3 is 2.43 bits per heavy atom. The van der Waals surface area contributed by atoms with Gasteiger partial charge in [0.2, 0.25) is 0 Å². The lowest BCUT2D eigenvalue weighted by Crippen LogP contribution is -2.16. The molecule has 0 unspecified atom stereocenters. The molecular formula is C16H28N4O. The molecule has 0 aliphatic heterocycles. The van der Waals surface area contributed by atoms with Gasteiger partial charge in [-0.2, -0.15) is 0 Å². The zero-order chi connectivity index (χ0) is 15.1. The molecule has 0 spiro atoms. The Morgan fingerprint density at radius 2 is 1.86 bits per heavy atom. The summed E-state index contributed by atoms with van der Waals surface area (Å²) >= 11 is 0. The van der Waals surface area contributed by atoms with Crippen LogP contribution in [0.2, 0.25) is 0 Å². The summed E-state index contributed by atoms with van der Waals surface area (Å²) in [5.41, 5.74) is 0.502. The molecule has 2 N–H and O–H groups in total. The number of nitrogens with zero attached hydrogens (tertiary/aromatic N) is 2. The van der Waals surface area contributed by atoms with Crippen LogP contribution in [0.4, 0.5) is 11.6 Å². The maximum Gasteiger partial charge on any atom is 0.158 e. The van der Waals surface area contributed by atoms with E-state index < -0.39 is 0 Å². The zero-order valence-corrected chi connectivity index (χ0v) is 13.5. The predicted octanol–water partition coefficient (Wildman–Crippen LogP) is 3.44. The fraction of sp³-hybridized carbons (Fsp3) is 0.750. The molecule has 1 aliphatic rings. The van der Waals surface area contributed by atoms with Crippen molar-refractivity contribution >= 4 is 11.6 Å². The quantitative estimate of drug-likeness (QED) is 0.692. The number of hydrogen-bond acceptors (Lipinski definition) is 5. The molecular weight excluding hydrogens is 264 g/mol. The van der Waals surface area contributed by atoms with Gasteiger partial charge in [-0.3, -0.25) is 0 Å². The van der Waals surface area contributed by atoms with Crippen LogP contribution in [0.15, 0.2) is 6.07 Å². The first kappa shape index (κ1) is 16.0. The molecule has 0 aromatic carbocycles. The molecule has 0 bridgehead atoms. The maximum absolute atomic E-state index is 5.43. The van der Waals surface area contributed by atoms with E-state index in [1.165, 1.54) is 19.3 Å². The molecule has 1 aliphatic carbocycles. The molecule has 1 aromatic rings. The van der Waals surface area contributed by atoms with Crippen LogP contribution in [0.3, 0.4) is 0 Å². The predicted molar refractivity (Wildman–Crippen MR) is 86.6 cm³/mol. The molecule has 118 valence electrons. The average Bonchev–Trinajstić information content (AvgIpc) is 3.29. The summed E-state index contributed by atoms with van der Waals surface area (Å²) in [5.74, 6) is 2.52. The Bertz CT molecular complexity index is 420. The number of ether oxygens (including phenoxy) is 1. The minimum absolute atomic E-state index is 0.464. The lowest BCUT2D eigenvalue weighted by molar-refractivity contribution is 0.128. The van der Waals surface area contributed by atoms with Gasteiger partial charge < -0.3 is 15.4 Å². The van der Waals surface area contributed by atoms with Gasteiger partial charge in [-0.1, -0.05) is 13.8 Å². The topological polar surface area (TPSA) is 59.1 Å². The van der Waals surface area contributed by atoms with E-state index in [0.29, 0.717) is 18.6 Å². The van der Waals surface area contributed by atoms with Crippen molar-refractivity contribution < 1.29 is 4.74 Å². The van der Waals surface area contributed by atoms with E-state index in [9.17, 15) is 0 Å². The third-order valence-corrected chi connectivity index (χ3v) is 4.12. The number of aromatic nitrogens is 2. The number of rotatable bonds is 10. The SMILES string of the molecule is CCCNc1cc(NCC2(CC)CC2)nc(COCC)n1. The van der Waals surface area contributed by atoms with Crippen molar-refractivity contribution in [3.8, 4) is 0 Å². The van der Waals surface area contributed by atoms with Crippen LogP contribution in [0.1, 0.15) is 52.3 Å². The van der Waals surface area contributed by atoms with Gasteiger partial charge in [0.15, 0.2) is 5.82 Å². The first-order valence-corrected chi connectivity index (χ1v) is 8.15. The van der Waals surface area contributed by atoms with Crippen LogP contribution in [0.5, 0.6) is 0 Å². The first-order chi connectivity index (χ1) is 10.2. The van der Waals surface area contributed by atoms with Crippen molar-refractivity contribution in [2.24, 2.45) is 5.41 Å². The molecule has 0 saturated heterocycles. The van der Waals surface area contributed by atoms with Crippen LogP contribution >= 0.6 is 0 Å². The fourth-order valence-corrected chi connectivity index (χ4v) is 2.30. The standard InChI is InChI=1S/C16H28N4O/c1-4-9-17-13-10-14(18-12-16(5-2)7-8-16)20-15(19-13)11-21-6-3/h10H,4-9,11-12H2,1-3H3,(H2,17,18,19,20). The van der Waals surface area contributed by atoms with Crippen LogP contribution in [0, 0.1) is 5.41 Å². The van der Waals surface area contributed by atoms with E-state index >= 15 is 0 Å². The smallest absolute Gasteiger partial charge is 0.158 e. The van der Waals surface area contributed by atoms with Crippen molar-refractivity contribution in [1.29, 1.82) is 0 Å². The average molecular weight is 292 g/mol. The third-order valence-electron chi connectivity index (χ3n) is 4.12. The summed E-state index contributed by atoms with van der Waals surface area (Å²) in [6.45, 7) is 9.46. The lowest BCUT2D eigenvalue weighted by Gasteiger charge is -2.15. The summed E-state index contributed by atoms with van der Waals surface area (Å²) in [5, 5.41) is 6.82. The van der Waals surface area contributed by atoms with Crippen LogP contribution < -0.4 is 10.6 Å². The number of anilines is 2. The third kappa shape index (κ3) is 4.84. The van der Waals surface area contributed by atoms with E-state index in [0.717, 1.165) is 37.0 Å². The van der Waals surface area contributed by atoms with Gasteiger partial charge in [0.25, 0.3) is 0 Å². The summed E-state index contributed by atoms with van der Waals surface area (Å²) in [7, 11) is 0.